The summed E-state index contributed by atoms with van der Waals surface area (Å²) in [5.41, 5.74) is 2.61. The molecular weight excluding hydrogens is 433 g/mol. The molecule has 1 aliphatic heterocycles. The van der Waals surface area contributed by atoms with Gasteiger partial charge in [0, 0.05) is 29.3 Å². The molecule has 1 amide bonds. The molecule has 3 heterocycles. The van der Waals surface area contributed by atoms with E-state index in [9.17, 15) is 14.0 Å². The van der Waals surface area contributed by atoms with Gasteiger partial charge in [0.1, 0.15) is 11.0 Å². The summed E-state index contributed by atoms with van der Waals surface area (Å²) in [6, 6.07) is 8.79. The first kappa shape index (κ1) is 22.0. The summed E-state index contributed by atoms with van der Waals surface area (Å²) in [6.45, 7) is 7.71. The minimum atomic E-state index is -0.600. The lowest BCUT2D eigenvalue weighted by molar-refractivity contribution is -0.140. The Balaban J connectivity index is 1.90. The molecule has 32 heavy (non-hydrogen) atoms. The van der Waals surface area contributed by atoms with E-state index in [0.717, 1.165) is 11.1 Å². The Bertz CT molecular complexity index is 1250. The average Bonchev–Trinajstić information content (AvgIpc) is 3.04. The highest BCUT2D eigenvalue weighted by molar-refractivity contribution is 6.29. The SMILES string of the molecule is CC(C)OC(=O)C1=CN(C(=O)c2ccc(F)cc2)CC(C)(C)c2c1[nH]c1ccc(Cl)nc21. The molecule has 0 atom stereocenters. The first-order valence-corrected chi connectivity index (χ1v) is 10.6. The maximum atomic E-state index is 13.4. The zero-order chi connectivity index (χ0) is 23.2. The van der Waals surface area contributed by atoms with Gasteiger partial charge >= 0.3 is 5.97 Å². The van der Waals surface area contributed by atoms with Crippen LogP contribution in [0.2, 0.25) is 5.15 Å². The topological polar surface area (TPSA) is 75.3 Å². The molecule has 0 unspecified atom stereocenters. The summed E-state index contributed by atoms with van der Waals surface area (Å²) in [5, 5.41) is 0.328. The van der Waals surface area contributed by atoms with Crippen molar-refractivity contribution in [2.75, 3.05) is 6.54 Å². The van der Waals surface area contributed by atoms with Crippen molar-refractivity contribution in [2.45, 2.75) is 39.2 Å². The van der Waals surface area contributed by atoms with Crippen LogP contribution in [0.25, 0.3) is 16.6 Å². The Morgan fingerprint density at radius 1 is 1.19 bits per heavy atom. The van der Waals surface area contributed by atoms with E-state index in [-0.39, 0.29) is 24.1 Å². The second-order valence-electron chi connectivity index (χ2n) is 8.73. The van der Waals surface area contributed by atoms with Crippen LogP contribution in [-0.2, 0) is 14.9 Å². The van der Waals surface area contributed by atoms with Crippen LogP contribution in [0.5, 0.6) is 0 Å². The number of nitrogens with one attached hydrogen (secondary N) is 1. The van der Waals surface area contributed by atoms with Gasteiger partial charge in [-0.25, -0.2) is 14.2 Å². The van der Waals surface area contributed by atoms with Crippen molar-refractivity contribution in [2.24, 2.45) is 0 Å². The molecule has 1 N–H and O–H groups in total. The molecule has 0 bridgehead atoms. The van der Waals surface area contributed by atoms with Gasteiger partial charge in [0.25, 0.3) is 5.91 Å². The monoisotopic (exact) mass is 455 g/mol. The van der Waals surface area contributed by atoms with Crippen molar-refractivity contribution >= 4 is 40.1 Å². The Labute approximate surface area is 190 Å². The first-order chi connectivity index (χ1) is 15.1. The predicted octanol–water partition coefficient (Wildman–Crippen LogP) is 5.08. The number of hydrogen-bond donors (Lipinski definition) is 1. The number of nitrogens with zero attached hydrogens (tertiary/aromatic N) is 2. The second-order valence-corrected chi connectivity index (χ2v) is 9.11. The third kappa shape index (κ3) is 4.00. The Hall–Kier alpha value is -3.19. The molecule has 0 saturated heterocycles. The number of pyridine rings is 1. The lowest BCUT2D eigenvalue weighted by Gasteiger charge is -2.29. The van der Waals surface area contributed by atoms with E-state index in [2.05, 4.69) is 9.97 Å². The highest BCUT2D eigenvalue weighted by atomic mass is 35.5. The van der Waals surface area contributed by atoms with Crippen LogP contribution >= 0.6 is 11.6 Å². The van der Waals surface area contributed by atoms with Gasteiger partial charge in [0.05, 0.1) is 28.4 Å². The number of fused-ring (bicyclic) bond motifs is 3. The molecular formula is C24H23ClFN3O3. The summed E-state index contributed by atoms with van der Waals surface area (Å²) < 4.78 is 18.8. The van der Waals surface area contributed by atoms with Gasteiger partial charge in [-0.15, -0.1) is 0 Å². The fraction of sp³-hybridized carbons (Fsp3) is 0.292. The van der Waals surface area contributed by atoms with Gasteiger partial charge in [-0.2, -0.15) is 0 Å². The molecule has 4 rings (SSSR count). The highest BCUT2D eigenvalue weighted by Gasteiger charge is 2.38. The molecule has 0 aliphatic carbocycles. The fourth-order valence-electron chi connectivity index (χ4n) is 4.00. The maximum absolute atomic E-state index is 13.4. The molecule has 2 aromatic heterocycles. The molecule has 8 heteroatoms. The summed E-state index contributed by atoms with van der Waals surface area (Å²) in [5.74, 6) is -1.35. The van der Waals surface area contributed by atoms with Gasteiger partial charge in [-0.1, -0.05) is 25.4 Å². The summed E-state index contributed by atoms with van der Waals surface area (Å²) in [4.78, 5) is 35.6. The average molecular weight is 456 g/mol. The molecule has 0 radical (unpaired) electrons. The molecule has 6 nitrogen and oxygen atoms in total. The summed E-state index contributed by atoms with van der Waals surface area (Å²) in [7, 11) is 0. The van der Waals surface area contributed by atoms with Gasteiger partial charge in [-0.3, -0.25) is 4.79 Å². The molecule has 0 fully saturated rings. The second kappa shape index (κ2) is 8.06. The Morgan fingerprint density at radius 2 is 1.88 bits per heavy atom. The molecule has 0 saturated carbocycles. The van der Waals surface area contributed by atoms with E-state index in [1.54, 1.807) is 19.9 Å². The zero-order valence-corrected chi connectivity index (χ0v) is 19.0. The predicted molar refractivity (Wildman–Crippen MR) is 121 cm³/mol. The van der Waals surface area contributed by atoms with Gasteiger partial charge in [0.15, 0.2) is 0 Å². The zero-order valence-electron chi connectivity index (χ0n) is 18.2. The van der Waals surface area contributed by atoms with Crippen LogP contribution in [0.1, 0.15) is 49.3 Å². The quantitative estimate of drug-likeness (QED) is 0.441. The molecule has 1 aromatic carbocycles. The smallest absolute Gasteiger partial charge is 0.342 e. The number of esters is 1. The van der Waals surface area contributed by atoms with Gasteiger partial charge in [-0.05, 0) is 50.2 Å². The summed E-state index contributed by atoms with van der Waals surface area (Å²) >= 11 is 6.17. The largest absolute Gasteiger partial charge is 0.459 e. The number of carbonyl (C=O) groups excluding carboxylic acids is 2. The molecule has 166 valence electrons. The van der Waals surface area contributed by atoms with Crippen LogP contribution in [0, 0.1) is 5.82 Å². The van der Waals surface area contributed by atoms with Crippen LogP contribution in [0.3, 0.4) is 0 Å². The normalized spacial score (nSPS) is 15.3. The van der Waals surface area contributed by atoms with E-state index in [0.29, 0.717) is 21.9 Å². The standard InChI is InChI=1S/C24H23ClFN3O3/c1-13(2)32-23(31)16-11-29(22(30)14-5-7-15(26)8-6-14)12-24(3,4)19-20(16)27-17-9-10-18(25)28-21(17)19/h5-11,13,27H,12H2,1-4H3. The number of ether oxygens (including phenoxy) is 1. The van der Waals surface area contributed by atoms with Crippen LogP contribution in [-0.4, -0.2) is 39.4 Å². The van der Waals surface area contributed by atoms with Crippen molar-refractivity contribution in [3.05, 3.63) is 70.4 Å². The number of aromatic nitrogens is 2. The highest BCUT2D eigenvalue weighted by Crippen LogP contribution is 2.40. The lowest BCUT2D eigenvalue weighted by atomic mass is 9.83. The van der Waals surface area contributed by atoms with E-state index in [1.807, 2.05) is 19.9 Å². The van der Waals surface area contributed by atoms with Crippen molar-refractivity contribution in [1.82, 2.24) is 14.9 Å². The molecule has 1 aliphatic rings. The van der Waals surface area contributed by atoms with Crippen LogP contribution < -0.4 is 0 Å². The Morgan fingerprint density at radius 3 is 2.53 bits per heavy atom. The van der Waals surface area contributed by atoms with Gasteiger partial charge < -0.3 is 14.6 Å². The van der Waals surface area contributed by atoms with E-state index < -0.39 is 17.2 Å². The van der Waals surface area contributed by atoms with Gasteiger partial charge in [0.2, 0.25) is 0 Å². The number of aromatic amines is 1. The number of benzene rings is 1. The van der Waals surface area contributed by atoms with Crippen LogP contribution in [0.4, 0.5) is 4.39 Å². The third-order valence-corrected chi connectivity index (χ3v) is 5.53. The van der Waals surface area contributed by atoms with Crippen molar-refractivity contribution in [3.63, 3.8) is 0 Å². The summed E-state index contributed by atoms with van der Waals surface area (Å²) in [6.07, 6.45) is 1.15. The lowest BCUT2D eigenvalue weighted by Crippen LogP contribution is -2.37. The molecule has 3 aromatic rings. The number of hydrogen-bond acceptors (Lipinski definition) is 4. The maximum Gasteiger partial charge on any atom is 0.342 e. The van der Waals surface area contributed by atoms with Crippen molar-refractivity contribution in [1.29, 1.82) is 0 Å². The number of halogens is 2. The number of amides is 1. The number of carbonyl (C=O) groups is 2. The fourth-order valence-corrected chi connectivity index (χ4v) is 4.14. The van der Waals surface area contributed by atoms with E-state index in [1.165, 1.54) is 35.4 Å². The van der Waals surface area contributed by atoms with E-state index >= 15 is 0 Å². The van der Waals surface area contributed by atoms with Crippen molar-refractivity contribution < 1.29 is 18.7 Å². The number of rotatable bonds is 3. The molecule has 0 spiro atoms. The van der Waals surface area contributed by atoms with Crippen molar-refractivity contribution in [3.8, 4) is 0 Å². The minimum Gasteiger partial charge on any atom is -0.459 e. The Kier molecular flexibility index (Phi) is 5.54. The first-order valence-electron chi connectivity index (χ1n) is 10.3. The van der Waals surface area contributed by atoms with E-state index in [4.69, 9.17) is 16.3 Å². The van der Waals surface area contributed by atoms with Crippen LogP contribution in [0.15, 0.2) is 42.6 Å². The minimum absolute atomic E-state index is 0.212. The third-order valence-electron chi connectivity index (χ3n) is 5.32. The number of H-pyrrole nitrogens is 1.